The van der Waals surface area contributed by atoms with Gasteiger partial charge in [0, 0.05) is 12.1 Å². The lowest BCUT2D eigenvalue weighted by Crippen LogP contribution is -2.43. The molecule has 5 heteroatoms. The second kappa shape index (κ2) is 5.59. The van der Waals surface area contributed by atoms with Gasteiger partial charge in [0.15, 0.2) is 0 Å². The highest BCUT2D eigenvalue weighted by atomic mass is 32.2. The lowest BCUT2D eigenvalue weighted by molar-refractivity contribution is 0.274. The molecule has 0 bridgehead atoms. The predicted molar refractivity (Wildman–Crippen MR) is 72.8 cm³/mol. The summed E-state index contributed by atoms with van der Waals surface area (Å²) in [4.78, 5) is -0.212. The van der Waals surface area contributed by atoms with Crippen molar-refractivity contribution in [2.24, 2.45) is 0 Å². The van der Waals surface area contributed by atoms with Crippen LogP contribution in [0.3, 0.4) is 0 Å². The predicted octanol–water partition coefficient (Wildman–Crippen LogP) is 3.17. The van der Waals surface area contributed by atoms with Crippen LogP contribution in [-0.2, 0) is 10.0 Å². The minimum atomic E-state index is -3.76. The number of benzene rings is 1. The highest BCUT2D eigenvalue weighted by molar-refractivity contribution is 7.89. The lowest BCUT2D eigenvalue weighted by Gasteiger charge is -2.31. The van der Waals surface area contributed by atoms with Crippen LogP contribution in [0.4, 0.5) is 4.39 Å². The molecular formula is C14H20FNO2S. The highest BCUT2D eigenvalue weighted by Crippen LogP contribution is 2.31. The number of rotatable bonds is 4. The van der Waals surface area contributed by atoms with Crippen LogP contribution in [0.5, 0.6) is 0 Å². The summed E-state index contributed by atoms with van der Waals surface area (Å²) in [5, 5.41) is 0. The Bertz CT molecular complexity index is 536. The molecule has 0 radical (unpaired) electrons. The molecule has 0 unspecified atom stereocenters. The molecular weight excluding hydrogens is 265 g/mol. The molecule has 1 aromatic carbocycles. The van der Waals surface area contributed by atoms with Gasteiger partial charge in [0.05, 0.1) is 0 Å². The number of halogens is 1. The topological polar surface area (TPSA) is 37.4 Å². The van der Waals surface area contributed by atoms with Crippen molar-refractivity contribution in [2.45, 2.75) is 56.5 Å². The van der Waals surface area contributed by atoms with E-state index in [1.54, 1.807) is 6.07 Å². The van der Waals surface area contributed by atoms with Gasteiger partial charge in [-0.3, -0.25) is 0 Å². The Morgan fingerprint density at radius 2 is 1.79 bits per heavy atom. The summed E-state index contributed by atoms with van der Waals surface area (Å²) in [6.07, 6.45) is 3.82. The normalized spacial score (nSPS) is 17.5. The highest BCUT2D eigenvalue weighted by Gasteiger charge is 2.36. The summed E-state index contributed by atoms with van der Waals surface area (Å²) in [5.74, 6) is -0.675. The second-order valence-corrected chi connectivity index (χ2v) is 7.11. The Balaban J connectivity index is 2.43. The van der Waals surface area contributed by atoms with E-state index in [1.807, 2.05) is 13.8 Å². The molecule has 106 valence electrons. The van der Waals surface area contributed by atoms with E-state index >= 15 is 0 Å². The van der Waals surface area contributed by atoms with Crippen molar-refractivity contribution < 1.29 is 12.8 Å². The molecule has 3 nitrogen and oxygen atoms in total. The zero-order valence-electron chi connectivity index (χ0n) is 11.3. The Hall–Kier alpha value is -0.940. The monoisotopic (exact) mass is 285 g/mol. The molecule has 1 fully saturated rings. The minimum Gasteiger partial charge on any atom is -0.207 e. The van der Waals surface area contributed by atoms with Gasteiger partial charge in [0.2, 0.25) is 10.0 Å². The minimum absolute atomic E-state index is 0.00426. The summed E-state index contributed by atoms with van der Waals surface area (Å²) in [5.41, 5.74) is 0. The van der Waals surface area contributed by atoms with Crippen LogP contribution in [-0.4, -0.2) is 24.8 Å². The molecule has 19 heavy (non-hydrogen) atoms. The Kier molecular flexibility index (Phi) is 4.26. The van der Waals surface area contributed by atoms with E-state index in [0.717, 1.165) is 25.7 Å². The van der Waals surface area contributed by atoms with Crippen LogP contribution in [0.1, 0.15) is 39.5 Å². The standard InChI is InChI=1S/C14H20FNO2S/c1-11(2)16(12-7-3-4-8-12)19(17,18)14-10-6-5-9-13(14)15/h5-6,9-12H,3-4,7-8H2,1-2H3. The largest absolute Gasteiger partial charge is 0.246 e. The SMILES string of the molecule is CC(C)N(C1CCCC1)S(=O)(=O)c1ccccc1F. The van der Waals surface area contributed by atoms with Crippen LogP contribution >= 0.6 is 0 Å². The van der Waals surface area contributed by atoms with E-state index in [9.17, 15) is 12.8 Å². The van der Waals surface area contributed by atoms with Gasteiger partial charge >= 0.3 is 0 Å². The molecule has 1 saturated carbocycles. The fourth-order valence-corrected chi connectivity index (χ4v) is 4.77. The van der Waals surface area contributed by atoms with Crippen molar-refractivity contribution in [3.63, 3.8) is 0 Å². The average Bonchev–Trinajstić information content (AvgIpc) is 2.82. The first-order chi connectivity index (χ1) is 8.94. The maximum Gasteiger partial charge on any atom is 0.246 e. The van der Waals surface area contributed by atoms with Gasteiger partial charge in [0.1, 0.15) is 10.7 Å². The fraction of sp³-hybridized carbons (Fsp3) is 0.571. The molecule has 2 rings (SSSR count). The lowest BCUT2D eigenvalue weighted by atomic mass is 10.2. The first-order valence-electron chi connectivity index (χ1n) is 6.72. The van der Waals surface area contributed by atoms with E-state index in [-0.39, 0.29) is 17.0 Å². The first-order valence-corrected chi connectivity index (χ1v) is 8.16. The van der Waals surface area contributed by atoms with E-state index < -0.39 is 15.8 Å². The molecule has 0 saturated heterocycles. The van der Waals surface area contributed by atoms with Gasteiger partial charge in [-0.15, -0.1) is 0 Å². The number of hydrogen-bond donors (Lipinski definition) is 0. The molecule has 0 N–H and O–H groups in total. The summed E-state index contributed by atoms with van der Waals surface area (Å²) >= 11 is 0. The third-order valence-electron chi connectivity index (χ3n) is 3.59. The van der Waals surface area contributed by atoms with Gasteiger partial charge in [-0.05, 0) is 38.8 Å². The third kappa shape index (κ3) is 2.82. The Labute approximate surface area is 114 Å². The van der Waals surface area contributed by atoms with Crippen molar-refractivity contribution in [3.8, 4) is 0 Å². The fourth-order valence-electron chi connectivity index (χ4n) is 2.82. The smallest absolute Gasteiger partial charge is 0.207 e. The zero-order chi connectivity index (χ0) is 14.0. The van der Waals surface area contributed by atoms with Gasteiger partial charge in [-0.1, -0.05) is 25.0 Å². The third-order valence-corrected chi connectivity index (χ3v) is 5.75. The van der Waals surface area contributed by atoms with Crippen molar-refractivity contribution >= 4 is 10.0 Å². The molecule has 0 aromatic heterocycles. The van der Waals surface area contributed by atoms with Gasteiger partial charge in [-0.2, -0.15) is 4.31 Å². The van der Waals surface area contributed by atoms with Gasteiger partial charge in [0.25, 0.3) is 0 Å². The van der Waals surface area contributed by atoms with Crippen LogP contribution in [0.2, 0.25) is 0 Å². The van der Waals surface area contributed by atoms with E-state index in [0.29, 0.717) is 0 Å². The summed E-state index contributed by atoms with van der Waals surface area (Å²) in [6, 6.07) is 5.44. The number of sulfonamides is 1. The second-order valence-electron chi connectivity index (χ2n) is 5.30. The Morgan fingerprint density at radius 3 is 2.32 bits per heavy atom. The van der Waals surface area contributed by atoms with Gasteiger partial charge in [-0.25, -0.2) is 12.8 Å². The maximum atomic E-state index is 13.8. The quantitative estimate of drug-likeness (QED) is 0.852. The van der Waals surface area contributed by atoms with Crippen LogP contribution < -0.4 is 0 Å². The van der Waals surface area contributed by atoms with Crippen LogP contribution in [0, 0.1) is 5.82 Å². The molecule has 1 aliphatic rings. The van der Waals surface area contributed by atoms with E-state index in [4.69, 9.17) is 0 Å². The van der Waals surface area contributed by atoms with Crippen molar-refractivity contribution in [1.29, 1.82) is 0 Å². The maximum absolute atomic E-state index is 13.8. The van der Waals surface area contributed by atoms with Crippen LogP contribution in [0.15, 0.2) is 29.2 Å². The molecule has 0 amide bonds. The molecule has 1 aliphatic carbocycles. The summed E-state index contributed by atoms with van der Waals surface area (Å²) in [6.45, 7) is 3.69. The average molecular weight is 285 g/mol. The molecule has 1 aromatic rings. The van der Waals surface area contributed by atoms with E-state index in [2.05, 4.69) is 0 Å². The van der Waals surface area contributed by atoms with Crippen LogP contribution in [0.25, 0.3) is 0 Å². The number of nitrogens with zero attached hydrogens (tertiary/aromatic N) is 1. The zero-order valence-corrected chi connectivity index (χ0v) is 12.2. The number of hydrogen-bond acceptors (Lipinski definition) is 2. The molecule has 0 aliphatic heterocycles. The van der Waals surface area contributed by atoms with Crippen molar-refractivity contribution in [2.75, 3.05) is 0 Å². The summed E-state index contributed by atoms with van der Waals surface area (Å²) in [7, 11) is -3.76. The van der Waals surface area contributed by atoms with Crippen molar-refractivity contribution in [3.05, 3.63) is 30.1 Å². The Morgan fingerprint density at radius 1 is 1.21 bits per heavy atom. The van der Waals surface area contributed by atoms with Gasteiger partial charge < -0.3 is 0 Å². The molecule has 0 spiro atoms. The molecule has 0 heterocycles. The van der Waals surface area contributed by atoms with Crippen molar-refractivity contribution in [1.82, 2.24) is 4.31 Å². The molecule has 0 atom stereocenters. The first kappa shape index (κ1) is 14.5. The summed E-state index contributed by atoms with van der Waals surface area (Å²) < 4.78 is 40.6. The van der Waals surface area contributed by atoms with E-state index in [1.165, 1.54) is 22.5 Å².